The molecule has 0 atom stereocenters. The van der Waals surface area contributed by atoms with Crippen molar-refractivity contribution in [3.63, 3.8) is 0 Å². The lowest BCUT2D eigenvalue weighted by Crippen LogP contribution is -2.38. The number of esters is 1. The number of nitrogens with one attached hydrogen (secondary N) is 1. The fourth-order valence-corrected chi connectivity index (χ4v) is 3.91. The summed E-state index contributed by atoms with van der Waals surface area (Å²) < 4.78 is 18.2. The van der Waals surface area contributed by atoms with Crippen LogP contribution in [0.15, 0.2) is 53.4 Å². The zero-order valence-corrected chi connectivity index (χ0v) is 17.3. The molecule has 158 valence electrons. The molecule has 1 heterocycles. The summed E-state index contributed by atoms with van der Waals surface area (Å²) >= 11 is 1.19. The number of carbonyl (C=O) groups is 3. The number of likely N-dealkylation sites (tertiary alicyclic amines) is 1. The minimum Gasteiger partial charge on any atom is -0.452 e. The minimum absolute atomic E-state index is 0.0639. The summed E-state index contributed by atoms with van der Waals surface area (Å²) in [7, 11) is 0. The zero-order chi connectivity index (χ0) is 21.3. The molecule has 0 bridgehead atoms. The van der Waals surface area contributed by atoms with Crippen LogP contribution in [0.4, 0.5) is 10.1 Å². The Morgan fingerprint density at radius 1 is 1.00 bits per heavy atom. The largest absolute Gasteiger partial charge is 0.452 e. The quantitative estimate of drug-likeness (QED) is 0.535. The maximum atomic E-state index is 12.9. The number of ether oxygens (including phenoxy) is 1. The summed E-state index contributed by atoms with van der Waals surface area (Å²) in [6, 6.07) is 12.3. The average molecular weight is 431 g/mol. The van der Waals surface area contributed by atoms with E-state index in [1.165, 1.54) is 36.0 Å². The van der Waals surface area contributed by atoms with Crippen LogP contribution in [0.1, 0.15) is 29.6 Å². The molecular weight excluding hydrogens is 407 g/mol. The molecule has 6 nitrogen and oxygen atoms in total. The van der Waals surface area contributed by atoms with Crippen molar-refractivity contribution in [3.05, 3.63) is 59.9 Å². The van der Waals surface area contributed by atoms with Gasteiger partial charge in [0.25, 0.3) is 5.91 Å². The molecule has 3 rings (SSSR count). The van der Waals surface area contributed by atoms with Crippen LogP contribution in [0, 0.1) is 5.82 Å². The normalized spacial score (nSPS) is 13.6. The second-order valence-corrected chi connectivity index (χ2v) is 7.87. The minimum atomic E-state index is -0.595. The van der Waals surface area contributed by atoms with Crippen LogP contribution in [0.5, 0.6) is 0 Å². The molecule has 0 aromatic heterocycles. The number of piperidine rings is 1. The van der Waals surface area contributed by atoms with Crippen LogP contribution in [0.2, 0.25) is 0 Å². The Kier molecular flexibility index (Phi) is 7.84. The molecule has 1 aliphatic heterocycles. The Balaban J connectivity index is 1.52. The lowest BCUT2D eigenvalue weighted by Gasteiger charge is -2.26. The molecule has 2 amide bonds. The first kappa shape index (κ1) is 21.8. The number of hydrogen-bond acceptors (Lipinski definition) is 5. The van der Waals surface area contributed by atoms with Crippen LogP contribution < -0.4 is 5.32 Å². The molecule has 0 spiro atoms. The molecule has 1 aliphatic rings. The van der Waals surface area contributed by atoms with E-state index in [1.54, 1.807) is 29.2 Å². The lowest BCUT2D eigenvalue weighted by molar-refractivity contribution is -0.135. The summed E-state index contributed by atoms with van der Waals surface area (Å²) in [6.07, 6.45) is 3.06. The van der Waals surface area contributed by atoms with Gasteiger partial charge in [-0.3, -0.25) is 9.59 Å². The third-order valence-corrected chi connectivity index (χ3v) is 5.70. The average Bonchev–Trinajstić information content (AvgIpc) is 2.78. The van der Waals surface area contributed by atoms with Crippen LogP contribution >= 0.6 is 11.8 Å². The molecule has 0 saturated carbocycles. The second-order valence-electron chi connectivity index (χ2n) is 6.86. The van der Waals surface area contributed by atoms with E-state index in [-0.39, 0.29) is 30.0 Å². The third-order valence-electron chi connectivity index (χ3n) is 4.63. The molecule has 0 unspecified atom stereocenters. The van der Waals surface area contributed by atoms with Gasteiger partial charge < -0.3 is 15.0 Å². The summed E-state index contributed by atoms with van der Waals surface area (Å²) in [5, 5.41) is 2.67. The van der Waals surface area contributed by atoms with E-state index >= 15 is 0 Å². The molecule has 0 radical (unpaired) electrons. The highest BCUT2D eigenvalue weighted by Gasteiger charge is 2.20. The zero-order valence-electron chi connectivity index (χ0n) is 16.4. The van der Waals surface area contributed by atoms with Gasteiger partial charge in [0, 0.05) is 23.7 Å². The van der Waals surface area contributed by atoms with E-state index in [0.717, 1.165) is 19.3 Å². The Hall–Kier alpha value is -2.87. The molecule has 1 saturated heterocycles. The van der Waals surface area contributed by atoms with E-state index in [4.69, 9.17) is 4.74 Å². The van der Waals surface area contributed by atoms with Gasteiger partial charge in [0.05, 0.1) is 11.3 Å². The number of halogens is 1. The number of amides is 2. The predicted octanol–water partition coefficient (Wildman–Crippen LogP) is 3.73. The van der Waals surface area contributed by atoms with Crippen molar-refractivity contribution in [2.24, 2.45) is 0 Å². The highest BCUT2D eigenvalue weighted by atomic mass is 32.2. The van der Waals surface area contributed by atoms with E-state index in [0.29, 0.717) is 29.2 Å². The van der Waals surface area contributed by atoms with Crippen molar-refractivity contribution in [2.45, 2.75) is 24.2 Å². The number of thioether (sulfide) groups is 1. The molecule has 1 N–H and O–H groups in total. The SMILES string of the molecule is O=C(CSc1ccccc1C(=O)OCC(=O)N1CCCCC1)Nc1ccc(F)cc1. The third kappa shape index (κ3) is 6.32. The van der Waals surface area contributed by atoms with Gasteiger partial charge >= 0.3 is 5.97 Å². The topological polar surface area (TPSA) is 75.7 Å². The fourth-order valence-electron chi connectivity index (χ4n) is 3.07. The number of rotatable bonds is 7. The van der Waals surface area contributed by atoms with Crippen molar-refractivity contribution in [3.8, 4) is 0 Å². The Bertz CT molecular complexity index is 898. The van der Waals surface area contributed by atoms with Crippen molar-refractivity contribution in [1.82, 2.24) is 4.90 Å². The van der Waals surface area contributed by atoms with Crippen LogP contribution in [-0.2, 0) is 14.3 Å². The number of hydrogen-bond donors (Lipinski definition) is 1. The van der Waals surface area contributed by atoms with E-state index in [2.05, 4.69) is 5.32 Å². The smallest absolute Gasteiger partial charge is 0.339 e. The number of carbonyl (C=O) groups excluding carboxylic acids is 3. The van der Waals surface area contributed by atoms with Gasteiger partial charge in [-0.15, -0.1) is 11.8 Å². The van der Waals surface area contributed by atoms with Crippen molar-refractivity contribution < 1.29 is 23.5 Å². The molecule has 1 fully saturated rings. The summed E-state index contributed by atoms with van der Waals surface area (Å²) in [5.41, 5.74) is 0.800. The standard InChI is InChI=1S/C22H23FN2O4S/c23-16-8-10-17(11-9-16)24-20(26)15-30-19-7-3-2-6-18(19)22(28)29-14-21(27)25-12-4-1-5-13-25/h2-3,6-11H,1,4-5,12-15H2,(H,24,26). The molecule has 8 heteroatoms. The number of anilines is 1. The highest BCUT2D eigenvalue weighted by molar-refractivity contribution is 8.00. The summed E-state index contributed by atoms with van der Waals surface area (Å²) in [5.74, 6) is -1.38. The maximum absolute atomic E-state index is 12.9. The van der Waals surface area contributed by atoms with Gasteiger partial charge in [-0.05, 0) is 55.7 Å². The lowest BCUT2D eigenvalue weighted by atomic mass is 10.1. The highest BCUT2D eigenvalue weighted by Crippen LogP contribution is 2.24. The molecule has 0 aliphatic carbocycles. The number of nitrogens with zero attached hydrogens (tertiary/aromatic N) is 1. The van der Waals surface area contributed by atoms with Crippen LogP contribution in [0.25, 0.3) is 0 Å². The molecule has 2 aromatic carbocycles. The number of benzene rings is 2. The Morgan fingerprint density at radius 2 is 1.70 bits per heavy atom. The first-order chi connectivity index (χ1) is 14.5. The second kappa shape index (κ2) is 10.8. The van der Waals surface area contributed by atoms with Gasteiger partial charge in [0.2, 0.25) is 5.91 Å². The van der Waals surface area contributed by atoms with Gasteiger partial charge in [-0.25, -0.2) is 9.18 Å². The summed E-state index contributed by atoms with van der Waals surface area (Å²) in [4.78, 5) is 39.1. The summed E-state index contributed by atoms with van der Waals surface area (Å²) in [6.45, 7) is 1.11. The first-order valence-electron chi connectivity index (χ1n) is 9.75. The van der Waals surface area contributed by atoms with Crippen molar-refractivity contribution >= 4 is 35.2 Å². The van der Waals surface area contributed by atoms with E-state index < -0.39 is 5.97 Å². The monoisotopic (exact) mass is 430 g/mol. The Labute approximate surface area is 178 Å². The van der Waals surface area contributed by atoms with Gasteiger partial charge in [0.15, 0.2) is 6.61 Å². The molecular formula is C22H23FN2O4S. The van der Waals surface area contributed by atoms with Crippen molar-refractivity contribution in [1.29, 1.82) is 0 Å². The van der Waals surface area contributed by atoms with Crippen molar-refractivity contribution in [2.75, 3.05) is 30.8 Å². The van der Waals surface area contributed by atoms with E-state index in [9.17, 15) is 18.8 Å². The first-order valence-corrected chi connectivity index (χ1v) is 10.7. The Morgan fingerprint density at radius 3 is 2.43 bits per heavy atom. The predicted molar refractivity (Wildman–Crippen MR) is 113 cm³/mol. The fraction of sp³-hybridized carbons (Fsp3) is 0.318. The van der Waals surface area contributed by atoms with E-state index in [1.807, 2.05) is 0 Å². The van der Waals surface area contributed by atoms with Gasteiger partial charge in [-0.2, -0.15) is 0 Å². The maximum Gasteiger partial charge on any atom is 0.339 e. The van der Waals surface area contributed by atoms with Gasteiger partial charge in [-0.1, -0.05) is 12.1 Å². The van der Waals surface area contributed by atoms with Gasteiger partial charge in [0.1, 0.15) is 5.82 Å². The molecule has 30 heavy (non-hydrogen) atoms. The van der Waals surface area contributed by atoms with Crippen LogP contribution in [-0.4, -0.2) is 48.1 Å². The molecule has 2 aromatic rings. The van der Waals surface area contributed by atoms with Crippen LogP contribution in [0.3, 0.4) is 0 Å².